The molecule has 3 atom stereocenters. The third-order valence-electron chi connectivity index (χ3n) is 4.55. The smallest absolute Gasteiger partial charge is 0.408 e. The van der Waals surface area contributed by atoms with Crippen molar-refractivity contribution in [1.82, 2.24) is 5.32 Å². The number of benzene rings is 1. The number of ether oxygens (including phenoxy) is 1. The van der Waals surface area contributed by atoms with Gasteiger partial charge in [0.15, 0.2) is 0 Å². The molecule has 138 valence electrons. The summed E-state index contributed by atoms with van der Waals surface area (Å²) in [7, 11) is -3.03. The SMILES string of the molecule is C=CC1CC1(NC(=O)OCc1ccccc1)P(=O)(CCCC)OCC. The van der Waals surface area contributed by atoms with Gasteiger partial charge in [0.2, 0.25) is 7.37 Å². The monoisotopic (exact) mass is 365 g/mol. The van der Waals surface area contributed by atoms with Gasteiger partial charge in [0.25, 0.3) is 0 Å². The van der Waals surface area contributed by atoms with Crippen molar-refractivity contribution in [3.8, 4) is 0 Å². The van der Waals surface area contributed by atoms with Crippen molar-refractivity contribution in [3.05, 3.63) is 48.6 Å². The zero-order valence-corrected chi connectivity index (χ0v) is 16.0. The molecule has 1 aromatic carbocycles. The van der Waals surface area contributed by atoms with E-state index in [4.69, 9.17) is 9.26 Å². The third-order valence-corrected chi connectivity index (χ3v) is 7.97. The van der Waals surface area contributed by atoms with Crippen molar-refractivity contribution in [3.63, 3.8) is 0 Å². The lowest BCUT2D eigenvalue weighted by atomic mass is 10.2. The fourth-order valence-corrected chi connectivity index (χ4v) is 6.32. The number of hydrogen-bond donors (Lipinski definition) is 1. The van der Waals surface area contributed by atoms with Crippen molar-refractivity contribution in [2.75, 3.05) is 12.8 Å². The van der Waals surface area contributed by atoms with Crippen LogP contribution in [-0.4, -0.2) is 24.1 Å². The number of amides is 1. The highest BCUT2D eigenvalue weighted by Gasteiger charge is 2.66. The van der Waals surface area contributed by atoms with Crippen LogP contribution in [0.15, 0.2) is 43.0 Å². The summed E-state index contributed by atoms with van der Waals surface area (Å²) >= 11 is 0. The first-order valence-corrected chi connectivity index (χ1v) is 10.7. The van der Waals surface area contributed by atoms with Gasteiger partial charge < -0.3 is 14.6 Å². The normalized spacial score (nSPS) is 24.2. The number of alkyl carbamates (subject to hydrolysis) is 1. The summed E-state index contributed by atoms with van der Waals surface area (Å²) in [5.74, 6) is -0.0500. The van der Waals surface area contributed by atoms with Crippen LogP contribution < -0.4 is 5.32 Å². The van der Waals surface area contributed by atoms with Crippen LogP contribution in [0.2, 0.25) is 0 Å². The quantitative estimate of drug-likeness (QED) is 0.472. The second kappa shape index (κ2) is 8.68. The van der Waals surface area contributed by atoms with E-state index in [0.717, 1.165) is 18.4 Å². The number of hydrogen-bond acceptors (Lipinski definition) is 4. The summed E-state index contributed by atoms with van der Waals surface area (Å²) < 4.78 is 24.5. The van der Waals surface area contributed by atoms with Crippen molar-refractivity contribution >= 4 is 13.5 Å². The fourth-order valence-electron chi connectivity index (χ4n) is 3.07. The van der Waals surface area contributed by atoms with Crippen LogP contribution >= 0.6 is 7.37 Å². The molecule has 0 saturated heterocycles. The molecule has 0 radical (unpaired) electrons. The minimum atomic E-state index is -3.03. The Bertz CT molecular complexity index is 634. The maximum atomic E-state index is 13.5. The number of rotatable bonds is 10. The van der Waals surface area contributed by atoms with E-state index in [-0.39, 0.29) is 12.5 Å². The summed E-state index contributed by atoms with van der Waals surface area (Å²) in [6.07, 6.45) is 3.94. The first-order chi connectivity index (χ1) is 12.0. The summed E-state index contributed by atoms with van der Waals surface area (Å²) in [6.45, 7) is 8.20. The van der Waals surface area contributed by atoms with Gasteiger partial charge in [-0.2, -0.15) is 0 Å². The molecule has 0 aromatic heterocycles. The molecule has 25 heavy (non-hydrogen) atoms. The van der Waals surface area contributed by atoms with E-state index in [1.165, 1.54) is 0 Å². The maximum Gasteiger partial charge on any atom is 0.408 e. The Morgan fingerprint density at radius 2 is 2.12 bits per heavy atom. The number of nitrogens with one attached hydrogen (secondary N) is 1. The van der Waals surface area contributed by atoms with Crippen LogP contribution in [0.5, 0.6) is 0 Å². The van der Waals surface area contributed by atoms with Crippen molar-refractivity contribution < 1.29 is 18.6 Å². The predicted molar refractivity (Wildman–Crippen MR) is 99.8 cm³/mol. The molecule has 0 heterocycles. The van der Waals surface area contributed by atoms with Gasteiger partial charge in [0.05, 0.1) is 6.61 Å². The van der Waals surface area contributed by atoms with Gasteiger partial charge in [-0.1, -0.05) is 49.8 Å². The second-order valence-corrected chi connectivity index (χ2v) is 9.18. The molecule has 1 amide bonds. The lowest BCUT2D eigenvalue weighted by molar-refractivity contribution is 0.136. The molecule has 1 saturated carbocycles. The molecular weight excluding hydrogens is 337 g/mol. The van der Waals surface area contributed by atoms with Crippen LogP contribution in [0.25, 0.3) is 0 Å². The molecular formula is C19H28NO4P. The minimum Gasteiger partial charge on any atom is -0.445 e. The summed E-state index contributed by atoms with van der Waals surface area (Å²) in [5, 5.41) is 1.99. The maximum absolute atomic E-state index is 13.5. The molecule has 2 rings (SSSR count). The largest absolute Gasteiger partial charge is 0.445 e. The van der Waals surface area contributed by atoms with Crippen LogP contribution in [0.3, 0.4) is 0 Å². The Morgan fingerprint density at radius 1 is 1.40 bits per heavy atom. The van der Waals surface area contributed by atoms with Gasteiger partial charge >= 0.3 is 6.09 Å². The summed E-state index contributed by atoms with van der Waals surface area (Å²) in [4.78, 5) is 12.3. The molecule has 5 nitrogen and oxygen atoms in total. The molecule has 1 aliphatic carbocycles. The van der Waals surface area contributed by atoms with E-state index in [0.29, 0.717) is 19.2 Å². The molecule has 1 aromatic rings. The Labute approximate surface area is 150 Å². The molecule has 0 bridgehead atoms. The average molecular weight is 365 g/mol. The molecule has 1 fully saturated rings. The molecule has 1 aliphatic rings. The molecule has 3 unspecified atom stereocenters. The van der Waals surface area contributed by atoms with Crippen molar-refractivity contribution in [2.24, 2.45) is 5.92 Å². The van der Waals surface area contributed by atoms with Gasteiger partial charge in [-0.3, -0.25) is 4.57 Å². The average Bonchev–Trinajstić information content (AvgIpc) is 3.34. The van der Waals surface area contributed by atoms with Gasteiger partial charge in [0, 0.05) is 12.1 Å². The van der Waals surface area contributed by atoms with E-state index in [2.05, 4.69) is 11.9 Å². The van der Waals surface area contributed by atoms with E-state index in [1.54, 1.807) is 6.08 Å². The Hall–Kier alpha value is -1.58. The topological polar surface area (TPSA) is 64.6 Å². The molecule has 6 heteroatoms. The van der Waals surface area contributed by atoms with E-state index >= 15 is 0 Å². The highest BCUT2D eigenvalue weighted by molar-refractivity contribution is 7.61. The van der Waals surface area contributed by atoms with Crippen LogP contribution in [0, 0.1) is 5.92 Å². The third kappa shape index (κ3) is 4.53. The standard InChI is InChI=1S/C19H28NO4P/c1-4-7-13-25(22,24-6-3)19(14-17(19)5-2)20-18(21)23-15-16-11-9-8-10-12-16/h5,8-12,17H,2,4,6-7,13-15H2,1,3H3,(H,20,21). The van der Waals surface area contributed by atoms with Crippen LogP contribution in [-0.2, 0) is 20.4 Å². The van der Waals surface area contributed by atoms with Gasteiger partial charge in [-0.25, -0.2) is 4.79 Å². The predicted octanol–water partition coefficient (Wildman–Crippen LogP) is 4.93. The Kier molecular flexibility index (Phi) is 6.86. The van der Waals surface area contributed by atoms with Gasteiger partial charge in [-0.05, 0) is 25.3 Å². The first kappa shape index (κ1) is 19.7. The van der Waals surface area contributed by atoms with E-state index in [9.17, 15) is 9.36 Å². The van der Waals surface area contributed by atoms with Gasteiger partial charge in [0.1, 0.15) is 11.9 Å². The lowest BCUT2D eigenvalue weighted by Crippen LogP contribution is -2.40. The van der Waals surface area contributed by atoms with Crippen molar-refractivity contribution in [2.45, 2.75) is 45.0 Å². The van der Waals surface area contributed by atoms with Crippen molar-refractivity contribution in [1.29, 1.82) is 0 Å². The summed E-state index contributed by atoms with van der Waals surface area (Å²) in [6, 6.07) is 9.46. The second-order valence-electron chi connectivity index (χ2n) is 6.33. The number of unbranched alkanes of at least 4 members (excludes halogenated alkanes) is 1. The first-order valence-electron chi connectivity index (χ1n) is 8.86. The van der Waals surface area contributed by atoms with Crippen LogP contribution in [0.4, 0.5) is 4.79 Å². The molecule has 0 spiro atoms. The number of carbonyl (C=O) groups excluding carboxylic acids is 1. The zero-order chi connectivity index (χ0) is 18.3. The molecule has 1 N–H and O–H groups in total. The summed E-state index contributed by atoms with van der Waals surface area (Å²) in [5.41, 5.74) is 0.904. The Morgan fingerprint density at radius 3 is 2.68 bits per heavy atom. The highest BCUT2D eigenvalue weighted by Crippen LogP contribution is 2.72. The van der Waals surface area contributed by atoms with E-state index < -0.39 is 18.7 Å². The number of carbonyl (C=O) groups is 1. The fraction of sp³-hybridized carbons (Fsp3) is 0.526. The lowest BCUT2D eigenvalue weighted by Gasteiger charge is -2.29. The highest BCUT2D eigenvalue weighted by atomic mass is 31.2. The Balaban J connectivity index is 2.06. The molecule has 0 aliphatic heterocycles. The van der Waals surface area contributed by atoms with Gasteiger partial charge in [-0.15, -0.1) is 6.58 Å². The minimum absolute atomic E-state index is 0.0500. The van der Waals surface area contributed by atoms with Crippen LogP contribution in [0.1, 0.15) is 38.7 Å². The van der Waals surface area contributed by atoms with E-state index in [1.807, 2.05) is 44.2 Å². The zero-order valence-electron chi connectivity index (χ0n) is 15.1.